The molecule has 0 aliphatic heterocycles. The predicted octanol–water partition coefficient (Wildman–Crippen LogP) is 1.78. The molecule has 1 aliphatic carbocycles. The van der Waals surface area contributed by atoms with Crippen molar-refractivity contribution < 1.29 is 9.90 Å². The Bertz CT molecular complexity index is 938. The summed E-state index contributed by atoms with van der Waals surface area (Å²) < 4.78 is 1.73. The van der Waals surface area contributed by atoms with Crippen LogP contribution in [0, 0.1) is 12.8 Å². The highest BCUT2D eigenvalue weighted by molar-refractivity contribution is 5.82. The number of aromatic nitrogens is 4. The summed E-state index contributed by atoms with van der Waals surface area (Å²) in [5.74, 6) is 1.08. The quantitative estimate of drug-likeness (QED) is 0.651. The molecule has 7 nitrogen and oxygen atoms in total. The SMILES string of the molecule is Cc1nc2ccc(CC(=O)N[C@H](c3cnn(C)c3)C3CC(O)C3)cc2[nH]1. The lowest BCUT2D eigenvalue weighted by Crippen LogP contribution is -2.41. The molecule has 1 aliphatic rings. The van der Waals surface area contributed by atoms with Gasteiger partial charge in [0, 0.05) is 18.8 Å². The second kappa shape index (κ2) is 6.57. The van der Waals surface area contributed by atoms with Crippen molar-refractivity contribution in [3.8, 4) is 0 Å². The molecule has 1 atom stereocenters. The number of aliphatic hydroxyl groups is 1. The highest BCUT2D eigenvalue weighted by Gasteiger charge is 2.36. The van der Waals surface area contributed by atoms with Crippen LogP contribution in [-0.4, -0.2) is 36.9 Å². The topological polar surface area (TPSA) is 95.8 Å². The minimum atomic E-state index is -0.262. The molecule has 1 saturated carbocycles. The van der Waals surface area contributed by atoms with Crippen molar-refractivity contribution in [3.63, 3.8) is 0 Å². The molecule has 0 unspecified atom stereocenters. The van der Waals surface area contributed by atoms with E-state index >= 15 is 0 Å². The smallest absolute Gasteiger partial charge is 0.224 e. The minimum Gasteiger partial charge on any atom is -0.393 e. The summed E-state index contributed by atoms with van der Waals surface area (Å²) in [7, 11) is 1.86. The number of nitrogens with one attached hydrogen (secondary N) is 2. The summed E-state index contributed by atoms with van der Waals surface area (Å²) >= 11 is 0. The predicted molar refractivity (Wildman–Crippen MR) is 97.4 cm³/mol. The highest BCUT2D eigenvalue weighted by Crippen LogP contribution is 2.38. The van der Waals surface area contributed by atoms with Crippen LogP contribution in [0.25, 0.3) is 11.0 Å². The first kappa shape index (κ1) is 16.8. The third-order valence-electron chi connectivity index (χ3n) is 5.05. The van der Waals surface area contributed by atoms with Crippen molar-refractivity contribution in [2.75, 3.05) is 0 Å². The van der Waals surface area contributed by atoms with E-state index < -0.39 is 0 Å². The number of H-pyrrole nitrogens is 1. The van der Waals surface area contributed by atoms with Crippen LogP contribution in [0.2, 0.25) is 0 Å². The van der Waals surface area contributed by atoms with Crippen molar-refractivity contribution in [1.29, 1.82) is 0 Å². The number of carbonyl (C=O) groups is 1. The molecule has 0 radical (unpaired) electrons. The Labute approximate surface area is 151 Å². The first-order valence-electron chi connectivity index (χ1n) is 8.89. The molecule has 4 rings (SSSR count). The fraction of sp³-hybridized carbons (Fsp3) is 0.421. The van der Waals surface area contributed by atoms with Gasteiger partial charge >= 0.3 is 0 Å². The van der Waals surface area contributed by atoms with E-state index in [4.69, 9.17) is 0 Å². The number of nitrogens with zero attached hydrogens (tertiary/aromatic N) is 3. The van der Waals surface area contributed by atoms with E-state index in [1.54, 1.807) is 10.9 Å². The number of aromatic amines is 1. The second-order valence-electron chi connectivity index (χ2n) is 7.23. The van der Waals surface area contributed by atoms with Gasteiger partial charge in [0.05, 0.1) is 35.8 Å². The van der Waals surface area contributed by atoms with E-state index in [0.29, 0.717) is 19.3 Å². The van der Waals surface area contributed by atoms with Gasteiger partial charge in [-0.15, -0.1) is 0 Å². The largest absolute Gasteiger partial charge is 0.393 e. The summed E-state index contributed by atoms with van der Waals surface area (Å²) in [5.41, 5.74) is 3.77. The molecular formula is C19H23N5O2. The number of fused-ring (bicyclic) bond motifs is 1. The molecule has 26 heavy (non-hydrogen) atoms. The molecule has 2 aromatic heterocycles. The third-order valence-corrected chi connectivity index (χ3v) is 5.05. The van der Waals surface area contributed by atoms with Gasteiger partial charge in [-0.25, -0.2) is 4.98 Å². The monoisotopic (exact) mass is 353 g/mol. The number of carbonyl (C=O) groups excluding carboxylic acids is 1. The zero-order valence-electron chi connectivity index (χ0n) is 14.9. The lowest BCUT2D eigenvalue weighted by Gasteiger charge is -2.37. The number of rotatable bonds is 5. The average molecular weight is 353 g/mol. The minimum absolute atomic E-state index is 0.0316. The summed E-state index contributed by atoms with van der Waals surface area (Å²) in [5, 5.41) is 17.0. The second-order valence-corrected chi connectivity index (χ2v) is 7.23. The highest BCUT2D eigenvalue weighted by atomic mass is 16.3. The van der Waals surface area contributed by atoms with Crippen LogP contribution in [0.1, 0.15) is 35.8 Å². The molecule has 2 heterocycles. The van der Waals surface area contributed by atoms with E-state index in [-0.39, 0.29) is 24.0 Å². The molecule has 0 saturated heterocycles. The number of aliphatic hydroxyl groups excluding tert-OH is 1. The Kier molecular flexibility index (Phi) is 4.24. The number of benzene rings is 1. The first-order valence-corrected chi connectivity index (χ1v) is 8.89. The first-order chi connectivity index (χ1) is 12.5. The van der Waals surface area contributed by atoms with Crippen LogP contribution in [0.3, 0.4) is 0 Å². The van der Waals surface area contributed by atoms with E-state index in [9.17, 15) is 9.90 Å². The number of aryl methyl sites for hydroxylation is 2. The Morgan fingerprint density at radius 2 is 2.27 bits per heavy atom. The van der Waals surface area contributed by atoms with Crippen LogP contribution >= 0.6 is 0 Å². The summed E-state index contributed by atoms with van der Waals surface area (Å²) in [6, 6.07) is 5.73. The van der Waals surface area contributed by atoms with Gasteiger partial charge in [-0.2, -0.15) is 5.10 Å². The third kappa shape index (κ3) is 3.35. The van der Waals surface area contributed by atoms with Crippen LogP contribution < -0.4 is 5.32 Å². The summed E-state index contributed by atoms with van der Waals surface area (Å²) in [4.78, 5) is 20.2. The molecule has 7 heteroatoms. The lowest BCUT2D eigenvalue weighted by molar-refractivity contribution is -0.122. The number of hydrogen-bond donors (Lipinski definition) is 3. The van der Waals surface area contributed by atoms with Crippen molar-refractivity contribution in [2.24, 2.45) is 13.0 Å². The standard InChI is InChI=1S/C19H23N5O2/c1-11-21-16-4-3-12(5-17(16)22-11)6-18(26)23-19(13-7-15(25)8-13)14-9-20-24(2)10-14/h3-5,9-10,13,15,19,25H,6-8H2,1-2H3,(H,21,22)(H,23,26)/t13?,15?,19-/m0/s1. The van der Waals surface area contributed by atoms with Gasteiger partial charge in [-0.05, 0) is 43.4 Å². The number of hydrogen-bond acceptors (Lipinski definition) is 4. The average Bonchev–Trinajstić information content (AvgIpc) is 3.14. The van der Waals surface area contributed by atoms with Gasteiger partial charge in [-0.1, -0.05) is 6.07 Å². The van der Waals surface area contributed by atoms with Gasteiger partial charge in [0.2, 0.25) is 5.91 Å². The molecule has 1 amide bonds. The van der Waals surface area contributed by atoms with Gasteiger partial charge in [-0.3, -0.25) is 9.48 Å². The maximum absolute atomic E-state index is 12.6. The summed E-state index contributed by atoms with van der Waals surface area (Å²) in [6.45, 7) is 1.91. The van der Waals surface area contributed by atoms with Crippen molar-refractivity contribution >= 4 is 16.9 Å². The zero-order valence-corrected chi connectivity index (χ0v) is 14.9. The number of imidazole rings is 1. The normalized spacial score (nSPS) is 20.7. The van der Waals surface area contributed by atoms with Crippen LogP contribution in [0.4, 0.5) is 0 Å². The van der Waals surface area contributed by atoms with Crippen LogP contribution in [0.15, 0.2) is 30.6 Å². The fourth-order valence-electron chi connectivity index (χ4n) is 3.68. The summed E-state index contributed by atoms with van der Waals surface area (Å²) in [6.07, 6.45) is 5.17. The molecule has 0 bridgehead atoms. The van der Waals surface area contributed by atoms with Gasteiger partial charge in [0.15, 0.2) is 0 Å². The molecule has 3 N–H and O–H groups in total. The molecule has 136 valence electrons. The van der Waals surface area contributed by atoms with Crippen molar-refractivity contribution in [1.82, 2.24) is 25.1 Å². The Morgan fingerprint density at radius 1 is 1.46 bits per heavy atom. The van der Waals surface area contributed by atoms with Crippen LogP contribution in [0.5, 0.6) is 0 Å². The maximum Gasteiger partial charge on any atom is 0.224 e. The van der Waals surface area contributed by atoms with E-state index in [1.165, 1.54) is 0 Å². The maximum atomic E-state index is 12.6. The van der Waals surface area contributed by atoms with Crippen molar-refractivity contribution in [3.05, 3.63) is 47.5 Å². The molecule has 1 fully saturated rings. The van der Waals surface area contributed by atoms with E-state index in [1.807, 2.05) is 38.4 Å². The van der Waals surface area contributed by atoms with Gasteiger partial charge in [0.1, 0.15) is 5.82 Å². The molecular weight excluding hydrogens is 330 g/mol. The molecule has 3 aromatic rings. The Hall–Kier alpha value is -2.67. The van der Waals surface area contributed by atoms with Crippen LogP contribution in [-0.2, 0) is 18.3 Å². The molecule has 1 aromatic carbocycles. The van der Waals surface area contributed by atoms with E-state index in [2.05, 4.69) is 20.4 Å². The Balaban J connectivity index is 1.48. The zero-order chi connectivity index (χ0) is 18.3. The lowest BCUT2D eigenvalue weighted by atomic mass is 9.75. The van der Waals surface area contributed by atoms with Gasteiger partial charge in [0.25, 0.3) is 0 Å². The molecule has 0 spiro atoms. The van der Waals surface area contributed by atoms with E-state index in [0.717, 1.165) is 28.0 Å². The van der Waals surface area contributed by atoms with Gasteiger partial charge < -0.3 is 15.4 Å². The fourth-order valence-corrected chi connectivity index (χ4v) is 3.68. The van der Waals surface area contributed by atoms with Crippen molar-refractivity contribution in [2.45, 2.75) is 38.3 Å². The Morgan fingerprint density at radius 3 is 2.96 bits per heavy atom. The number of amides is 1.